The van der Waals surface area contributed by atoms with Crippen LogP contribution in [0.2, 0.25) is 0 Å². The Morgan fingerprint density at radius 1 is 1.04 bits per heavy atom. The zero-order chi connectivity index (χ0) is 17.5. The maximum absolute atomic E-state index is 5.56. The van der Waals surface area contributed by atoms with Crippen molar-refractivity contribution >= 4 is 5.69 Å². The van der Waals surface area contributed by atoms with Crippen LogP contribution >= 0.6 is 0 Å². The van der Waals surface area contributed by atoms with Gasteiger partial charge in [0.05, 0.1) is 0 Å². The van der Waals surface area contributed by atoms with Crippen molar-refractivity contribution in [2.75, 3.05) is 25.2 Å². The number of nitrogens with one attached hydrogen (secondary N) is 1. The molecule has 0 radical (unpaired) electrons. The molecule has 1 unspecified atom stereocenters. The van der Waals surface area contributed by atoms with Gasteiger partial charge in [-0.25, -0.2) is 0 Å². The van der Waals surface area contributed by atoms with Crippen LogP contribution in [0, 0.1) is 18.8 Å². The van der Waals surface area contributed by atoms with Gasteiger partial charge in [-0.3, -0.25) is 4.90 Å². The van der Waals surface area contributed by atoms with Crippen molar-refractivity contribution in [3.63, 3.8) is 0 Å². The fraction of sp³-hybridized carbons (Fsp3) is 0.455. The van der Waals surface area contributed by atoms with Gasteiger partial charge < -0.3 is 14.8 Å². The molecule has 2 aliphatic heterocycles. The molecule has 5 rings (SSSR count). The van der Waals surface area contributed by atoms with E-state index in [1.54, 1.807) is 0 Å². The van der Waals surface area contributed by atoms with E-state index in [-0.39, 0.29) is 0 Å². The Hall–Kier alpha value is -2.20. The van der Waals surface area contributed by atoms with E-state index < -0.39 is 0 Å². The van der Waals surface area contributed by atoms with Crippen LogP contribution in [0.4, 0.5) is 5.69 Å². The molecule has 1 saturated carbocycles. The van der Waals surface area contributed by atoms with Gasteiger partial charge in [0.15, 0.2) is 11.5 Å². The molecule has 3 atom stereocenters. The summed E-state index contributed by atoms with van der Waals surface area (Å²) in [4.78, 5) is 2.63. The number of ether oxygens (including phenoxy) is 2. The standard InChI is InChI=1S/C22H26N2O2/c1-15-9-21-22(26-14-25-21)10-20(15)23-19-8-7-17-12-24(13-18(17)19)11-16-5-3-2-4-6-16/h2-6,9-10,17-19,23H,7-8,11-14H2,1H3/t17-,18+,19?/m1/s1. The molecule has 1 N–H and O–H groups in total. The Kier molecular flexibility index (Phi) is 4.01. The average Bonchev–Trinajstić information content (AvgIpc) is 3.33. The third-order valence-electron chi connectivity index (χ3n) is 6.24. The lowest BCUT2D eigenvalue weighted by molar-refractivity contribution is 0.174. The van der Waals surface area contributed by atoms with Crippen LogP contribution in [0.25, 0.3) is 0 Å². The minimum Gasteiger partial charge on any atom is -0.454 e. The molecule has 0 aromatic heterocycles. The van der Waals surface area contributed by atoms with Gasteiger partial charge in [-0.05, 0) is 48.8 Å². The summed E-state index contributed by atoms with van der Waals surface area (Å²) in [6, 6.07) is 15.6. The van der Waals surface area contributed by atoms with E-state index in [9.17, 15) is 0 Å². The van der Waals surface area contributed by atoms with E-state index in [1.807, 2.05) is 0 Å². The quantitative estimate of drug-likeness (QED) is 0.902. The minimum atomic E-state index is 0.334. The van der Waals surface area contributed by atoms with Crippen molar-refractivity contribution in [2.24, 2.45) is 11.8 Å². The molecule has 0 amide bonds. The molecule has 2 fully saturated rings. The molecule has 0 spiro atoms. The highest BCUT2D eigenvalue weighted by atomic mass is 16.7. The number of aryl methyl sites for hydroxylation is 1. The van der Waals surface area contributed by atoms with Gasteiger partial charge in [0.25, 0.3) is 0 Å². The number of likely N-dealkylation sites (tertiary alicyclic amines) is 1. The smallest absolute Gasteiger partial charge is 0.231 e. The minimum absolute atomic E-state index is 0.334. The lowest BCUT2D eigenvalue weighted by Crippen LogP contribution is -2.29. The number of fused-ring (bicyclic) bond motifs is 2. The molecule has 3 aliphatic rings. The number of benzene rings is 2. The highest BCUT2D eigenvalue weighted by Gasteiger charge is 2.42. The Balaban J connectivity index is 1.27. The molecule has 136 valence electrons. The summed E-state index contributed by atoms with van der Waals surface area (Å²) >= 11 is 0. The highest BCUT2D eigenvalue weighted by Crippen LogP contribution is 2.42. The molecule has 2 heterocycles. The zero-order valence-corrected chi connectivity index (χ0v) is 15.3. The van der Waals surface area contributed by atoms with Gasteiger partial charge in [-0.2, -0.15) is 0 Å². The molecule has 26 heavy (non-hydrogen) atoms. The van der Waals surface area contributed by atoms with E-state index in [1.165, 1.54) is 42.7 Å². The summed E-state index contributed by atoms with van der Waals surface area (Å²) in [5.74, 6) is 3.30. The van der Waals surface area contributed by atoms with Crippen LogP contribution < -0.4 is 14.8 Å². The van der Waals surface area contributed by atoms with E-state index in [4.69, 9.17) is 9.47 Å². The van der Waals surface area contributed by atoms with Crippen LogP contribution in [0.15, 0.2) is 42.5 Å². The van der Waals surface area contributed by atoms with Crippen LogP contribution in [0.5, 0.6) is 11.5 Å². The van der Waals surface area contributed by atoms with Crippen molar-refractivity contribution in [2.45, 2.75) is 32.4 Å². The summed E-state index contributed by atoms with van der Waals surface area (Å²) < 4.78 is 11.0. The molecule has 1 saturated heterocycles. The Morgan fingerprint density at radius 2 is 1.85 bits per heavy atom. The molecule has 4 nitrogen and oxygen atoms in total. The van der Waals surface area contributed by atoms with Crippen LogP contribution in [-0.4, -0.2) is 30.8 Å². The summed E-state index contributed by atoms with van der Waals surface area (Å²) in [5, 5.41) is 3.83. The molecule has 4 heteroatoms. The molecule has 2 aromatic rings. The topological polar surface area (TPSA) is 33.7 Å². The summed E-state index contributed by atoms with van der Waals surface area (Å²) in [7, 11) is 0. The first kappa shape index (κ1) is 16.0. The predicted molar refractivity (Wildman–Crippen MR) is 103 cm³/mol. The van der Waals surface area contributed by atoms with Crippen LogP contribution in [0.3, 0.4) is 0 Å². The number of hydrogen-bond donors (Lipinski definition) is 1. The van der Waals surface area contributed by atoms with E-state index in [0.717, 1.165) is 29.9 Å². The lowest BCUT2D eigenvalue weighted by atomic mass is 9.97. The molecule has 2 aromatic carbocycles. The van der Waals surface area contributed by atoms with Crippen molar-refractivity contribution in [1.82, 2.24) is 4.90 Å². The van der Waals surface area contributed by atoms with Gasteiger partial charge in [0.2, 0.25) is 6.79 Å². The van der Waals surface area contributed by atoms with E-state index in [0.29, 0.717) is 12.8 Å². The molecular formula is C22H26N2O2. The van der Waals surface area contributed by atoms with Crippen molar-refractivity contribution in [3.8, 4) is 11.5 Å². The Morgan fingerprint density at radius 3 is 2.69 bits per heavy atom. The van der Waals surface area contributed by atoms with Crippen molar-refractivity contribution in [1.29, 1.82) is 0 Å². The van der Waals surface area contributed by atoms with Crippen LogP contribution in [0.1, 0.15) is 24.0 Å². The first-order valence-electron chi connectivity index (χ1n) is 9.69. The fourth-order valence-electron chi connectivity index (χ4n) is 4.91. The number of hydrogen-bond acceptors (Lipinski definition) is 4. The number of rotatable bonds is 4. The van der Waals surface area contributed by atoms with Gasteiger partial charge in [-0.15, -0.1) is 0 Å². The first-order valence-corrected chi connectivity index (χ1v) is 9.69. The van der Waals surface area contributed by atoms with Gasteiger partial charge in [-0.1, -0.05) is 30.3 Å². The summed E-state index contributed by atoms with van der Waals surface area (Å²) in [5.41, 5.74) is 3.85. The van der Waals surface area contributed by atoms with Gasteiger partial charge in [0.1, 0.15) is 0 Å². The molecule has 0 bridgehead atoms. The second kappa shape index (κ2) is 6.51. The second-order valence-corrected chi connectivity index (χ2v) is 7.95. The first-order chi connectivity index (χ1) is 12.8. The van der Waals surface area contributed by atoms with Crippen molar-refractivity contribution in [3.05, 3.63) is 53.6 Å². The highest BCUT2D eigenvalue weighted by molar-refractivity contribution is 5.61. The zero-order valence-electron chi connectivity index (χ0n) is 15.3. The molecule has 1 aliphatic carbocycles. The predicted octanol–water partition coefficient (Wildman–Crippen LogP) is 4.05. The maximum Gasteiger partial charge on any atom is 0.231 e. The fourth-order valence-corrected chi connectivity index (χ4v) is 4.91. The third-order valence-corrected chi connectivity index (χ3v) is 6.24. The second-order valence-electron chi connectivity index (χ2n) is 7.95. The summed E-state index contributed by atoms with van der Waals surface area (Å²) in [6.45, 7) is 5.98. The Bertz CT molecular complexity index is 792. The van der Waals surface area contributed by atoms with Crippen molar-refractivity contribution < 1.29 is 9.47 Å². The molecular weight excluding hydrogens is 324 g/mol. The van der Waals surface area contributed by atoms with E-state index in [2.05, 4.69) is 59.6 Å². The van der Waals surface area contributed by atoms with Gasteiger partial charge >= 0.3 is 0 Å². The third kappa shape index (κ3) is 2.92. The largest absolute Gasteiger partial charge is 0.454 e. The SMILES string of the molecule is Cc1cc2c(cc1NC1CC[C@@H]3CN(Cc4ccccc4)C[C@H]13)OCO2. The monoisotopic (exact) mass is 350 g/mol. The normalized spacial score (nSPS) is 26.9. The summed E-state index contributed by atoms with van der Waals surface area (Å²) in [6.07, 6.45) is 2.60. The van der Waals surface area contributed by atoms with E-state index >= 15 is 0 Å². The lowest BCUT2D eigenvalue weighted by Gasteiger charge is -2.24. The van der Waals surface area contributed by atoms with Gasteiger partial charge in [0, 0.05) is 37.4 Å². The average molecular weight is 350 g/mol. The Labute approximate surface area is 155 Å². The number of anilines is 1. The maximum atomic E-state index is 5.56. The number of nitrogens with zero attached hydrogens (tertiary/aromatic N) is 1. The van der Waals surface area contributed by atoms with Crippen LogP contribution in [-0.2, 0) is 6.54 Å².